The number of hydrogen-bond acceptors (Lipinski definition) is 4. The summed E-state index contributed by atoms with van der Waals surface area (Å²) in [4.78, 5) is 0. The lowest BCUT2D eigenvalue weighted by molar-refractivity contribution is -0.153. The van der Waals surface area contributed by atoms with Gasteiger partial charge in [-0.05, 0) is 0 Å². The lowest BCUT2D eigenvalue weighted by Gasteiger charge is -2.10. The zero-order valence-corrected chi connectivity index (χ0v) is 4.40. The summed E-state index contributed by atoms with van der Waals surface area (Å²) in [5, 5.41) is 19.5. The maximum Gasteiger partial charge on any atom is 0.232 e. The van der Waals surface area contributed by atoms with Crippen molar-refractivity contribution in [3.63, 3.8) is 0 Å². The smallest absolute Gasteiger partial charge is 0.232 e. The van der Waals surface area contributed by atoms with E-state index in [1.807, 2.05) is 0 Å². The van der Waals surface area contributed by atoms with Gasteiger partial charge in [-0.15, -0.1) is 11.8 Å². The zero-order valence-electron chi connectivity index (χ0n) is 3.59. The van der Waals surface area contributed by atoms with Crippen molar-refractivity contribution in [3.05, 3.63) is 5.88 Å². The van der Waals surface area contributed by atoms with Crippen LogP contribution in [0.15, 0.2) is 0 Å². The largest absolute Gasteiger partial charge is 0.353 e. The van der Waals surface area contributed by atoms with Gasteiger partial charge in [0.25, 0.3) is 0 Å². The van der Waals surface area contributed by atoms with Crippen LogP contribution in [0, 0.1) is 5.88 Å². The summed E-state index contributed by atoms with van der Waals surface area (Å²) in [6.45, 7) is 0. The minimum absolute atomic E-state index is 0.312. The first-order valence-corrected chi connectivity index (χ1v) is 2.91. The minimum atomic E-state index is -1.65. The summed E-state index contributed by atoms with van der Waals surface area (Å²) in [6.07, 6.45) is 0. The highest BCUT2D eigenvalue weighted by Crippen LogP contribution is 2.17. The van der Waals surface area contributed by atoms with E-state index in [2.05, 4.69) is 5.32 Å². The third-order valence-electron chi connectivity index (χ3n) is 0.658. The Bertz CT molecular complexity index is 67.3. The van der Waals surface area contributed by atoms with E-state index in [1.165, 1.54) is 11.8 Å². The van der Waals surface area contributed by atoms with Gasteiger partial charge in [-0.25, -0.2) is 0 Å². The van der Waals surface area contributed by atoms with Crippen molar-refractivity contribution in [2.75, 3.05) is 5.75 Å². The third-order valence-corrected chi connectivity index (χ3v) is 1.51. The molecule has 0 bridgehead atoms. The Hall–Kier alpha value is 0.230. The van der Waals surface area contributed by atoms with Gasteiger partial charge in [0.1, 0.15) is 0 Å². The summed E-state index contributed by atoms with van der Waals surface area (Å²) in [5.74, 6) is 0.220. The van der Waals surface area contributed by atoms with Gasteiger partial charge >= 0.3 is 0 Å². The predicted octanol–water partition coefficient (Wildman–Crippen LogP) is -0.920. The fraction of sp³-hybridized carbons (Fsp3) is 0.667. The molecule has 1 aliphatic heterocycles. The zero-order chi connectivity index (χ0) is 5.33. The molecule has 3 nitrogen and oxygen atoms in total. The van der Waals surface area contributed by atoms with Crippen LogP contribution in [-0.2, 0) is 0 Å². The van der Waals surface area contributed by atoms with Crippen molar-refractivity contribution in [1.29, 1.82) is 0 Å². The molecule has 0 spiro atoms. The summed E-state index contributed by atoms with van der Waals surface area (Å²) in [6, 6.07) is 0. The van der Waals surface area contributed by atoms with Crippen LogP contribution in [0.1, 0.15) is 0 Å². The van der Waals surface area contributed by atoms with Gasteiger partial charge in [0.05, 0.1) is 11.6 Å². The monoisotopic (exact) mass is 120 g/mol. The van der Waals surface area contributed by atoms with E-state index < -0.39 is 5.91 Å². The molecule has 0 aliphatic carbocycles. The van der Waals surface area contributed by atoms with Crippen molar-refractivity contribution in [2.45, 2.75) is 5.91 Å². The number of thioether (sulfide) groups is 1. The van der Waals surface area contributed by atoms with Gasteiger partial charge in [0.2, 0.25) is 5.91 Å². The minimum Gasteiger partial charge on any atom is -0.353 e. The average Bonchev–Trinajstić information content (AvgIpc) is 1.84. The van der Waals surface area contributed by atoms with E-state index in [0.717, 1.165) is 0 Å². The van der Waals surface area contributed by atoms with E-state index in [0.29, 0.717) is 5.75 Å². The standard InChI is InChI=1S/C3H6NO2S/c5-3(6)1-7-2-4-3/h2,4-6H,1H2. The van der Waals surface area contributed by atoms with Gasteiger partial charge in [0, 0.05) is 0 Å². The molecule has 0 saturated carbocycles. The molecule has 0 amide bonds. The van der Waals surface area contributed by atoms with Crippen LogP contribution >= 0.6 is 11.8 Å². The molecule has 41 valence electrons. The second-order valence-electron chi connectivity index (χ2n) is 1.39. The molecule has 1 saturated heterocycles. The first kappa shape index (κ1) is 5.37. The number of aliphatic hydroxyl groups is 2. The lowest BCUT2D eigenvalue weighted by atomic mass is 10.6. The topological polar surface area (TPSA) is 52.5 Å². The molecule has 1 radical (unpaired) electrons. The molecule has 7 heavy (non-hydrogen) atoms. The molecular formula is C3H6NO2S. The maximum atomic E-state index is 8.59. The van der Waals surface area contributed by atoms with Gasteiger partial charge in [0.15, 0.2) is 0 Å². The predicted molar refractivity (Wildman–Crippen MR) is 27.1 cm³/mol. The first-order valence-electron chi connectivity index (χ1n) is 1.86. The molecule has 1 rings (SSSR count). The van der Waals surface area contributed by atoms with Crippen LogP contribution in [0.25, 0.3) is 0 Å². The molecule has 1 fully saturated rings. The first-order chi connectivity index (χ1) is 3.21. The van der Waals surface area contributed by atoms with Crippen LogP contribution < -0.4 is 5.32 Å². The number of nitrogens with one attached hydrogen (secondary N) is 1. The van der Waals surface area contributed by atoms with Crippen molar-refractivity contribution in [3.8, 4) is 0 Å². The van der Waals surface area contributed by atoms with Crippen molar-refractivity contribution in [1.82, 2.24) is 5.32 Å². The van der Waals surface area contributed by atoms with E-state index in [1.54, 1.807) is 5.88 Å². The Morgan fingerprint density at radius 1 is 1.71 bits per heavy atom. The molecule has 0 aromatic rings. The second kappa shape index (κ2) is 1.63. The van der Waals surface area contributed by atoms with Crippen LogP contribution in [0.3, 0.4) is 0 Å². The molecule has 1 heterocycles. The van der Waals surface area contributed by atoms with Crippen LogP contribution in [0.2, 0.25) is 0 Å². The van der Waals surface area contributed by atoms with Crippen molar-refractivity contribution < 1.29 is 10.2 Å². The molecule has 3 N–H and O–H groups in total. The quantitative estimate of drug-likeness (QED) is 0.362. The SMILES string of the molecule is OC1(O)CS[CH]N1. The molecule has 0 aromatic carbocycles. The molecule has 0 atom stereocenters. The average molecular weight is 120 g/mol. The maximum absolute atomic E-state index is 8.59. The van der Waals surface area contributed by atoms with Gasteiger partial charge in [-0.1, -0.05) is 0 Å². The molecular weight excluding hydrogens is 114 g/mol. The molecule has 4 heteroatoms. The van der Waals surface area contributed by atoms with Crippen LogP contribution in [-0.4, -0.2) is 21.9 Å². The van der Waals surface area contributed by atoms with Crippen LogP contribution in [0.4, 0.5) is 0 Å². The summed E-state index contributed by atoms with van der Waals surface area (Å²) in [5.41, 5.74) is 0. The van der Waals surface area contributed by atoms with Gasteiger partial charge in [-0.2, -0.15) is 0 Å². The van der Waals surface area contributed by atoms with Crippen LogP contribution in [0.5, 0.6) is 0 Å². The highest BCUT2D eigenvalue weighted by Gasteiger charge is 2.27. The summed E-state index contributed by atoms with van der Waals surface area (Å²) >= 11 is 1.34. The Morgan fingerprint density at radius 3 is 2.57 bits per heavy atom. The normalized spacial score (nSPS) is 28.3. The number of hydrogen-bond donors (Lipinski definition) is 3. The molecule has 1 aliphatic rings. The summed E-state index contributed by atoms with van der Waals surface area (Å²) in [7, 11) is 0. The fourth-order valence-electron chi connectivity index (χ4n) is 0.336. The fourth-order valence-corrected chi connectivity index (χ4v) is 1.01. The Balaban J connectivity index is 2.40. The van der Waals surface area contributed by atoms with Gasteiger partial charge in [-0.3, -0.25) is 5.32 Å². The van der Waals surface area contributed by atoms with Crippen molar-refractivity contribution in [2.24, 2.45) is 0 Å². The summed E-state index contributed by atoms with van der Waals surface area (Å²) < 4.78 is 0. The highest BCUT2D eigenvalue weighted by molar-refractivity contribution is 8.01. The number of rotatable bonds is 0. The van der Waals surface area contributed by atoms with E-state index in [-0.39, 0.29) is 0 Å². The lowest BCUT2D eigenvalue weighted by Crippen LogP contribution is -2.40. The Morgan fingerprint density at radius 2 is 2.43 bits per heavy atom. The van der Waals surface area contributed by atoms with E-state index in [4.69, 9.17) is 10.2 Å². The highest BCUT2D eigenvalue weighted by atomic mass is 32.2. The third kappa shape index (κ3) is 1.31. The Labute approximate surface area is 45.7 Å². The van der Waals surface area contributed by atoms with Gasteiger partial charge < -0.3 is 10.2 Å². The Kier molecular flexibility index (Phi) is 1.25. The van der Waals surface area contributed by atoms with E-state index in [9.17, 15) is 0 Å². The van der Waals surface area contributed by atoms with E-state index >= 15 is 0 Å². The van der Waals surface area contributed by atoms with Crippen molar-refractivity contribution >= 4 is 11.8 Å². The molecule has 0 aromatic heterocycles. The molecule has 0 unspecified atom stereocenters. The second-order valence-corrected chi connectivity index (χ2v) is 2.25.